The smallest absolute Gasteiger partial charge is 0.262 e. The summed E-state index contributed by atoms with van der Waals surface area (Å²) in [6.45, 7) is 14.1. The number of likely N-dealkylation sites (tertiary alicyclic amines) is 1. The Morgan fingerprint density at radius 2 is 1.70 bits per heavy atom. The average Bonchev–Trinajstić information content (AvgIpc) is 3.63. The number of piperidine rings is 2. The first-order valence-corrected chi connectivity index (χ1v) is 20.9. The van der Waals surface area contributed by atoms with Gasteiger partial charge in [0.25, 0.3) is 11.8 Å². The number of carbonyl (C=O) groups is 4. The number of imide groups is 2. The van der Waals surface area contributed by atoms with Gasteiger partial charge in [0.05, 0.1) is 27.8 Å². The Hall–Kier alpha value is -4.77. The van der Waals surface area contributed by atoms with Crippen LogP contribution in [0.3, 0.4) is 0 Å². The predicted molar refractivity (Wildman–Crippen MR) is 215 cm³/mol. The number of amides is 4. The molecule has 2 aromatic rings. The van der Waals surface area contributed by atoms with Gasteiger partial charge in [-0.05, 0) is 86.3 Å². The standard InChI is InChI=1S/C43H50ClN9O4/c1-27-17-31(19-36(44)35(27)21-45)52-26-43(20-28(52)2)9-11-50(12-10-43)38-7-3-29(22-46-38)23-48-13-15-49(16-14-48)32-24-51(25-32)30-4-5-33-34(18-30)42(57)53(41(33)56)37-6-8-39(54)47-40(37)55/h3-5,7,18-19,22,27-28,32,37H,6,8-17,20,23-26H2,1-2H3,(H,47,54,55)/t27?,28-,37?/m0/s1. The fourth-order valence-electron chi connectivity index (χ4n) is 10.4. The van der Waals surface area contributed by atoms with Crippen LogP contribution >= 0.6 is 11.6 Å². The minimum atomic E-state index is -0.960. The van der Waals surface area contributed by atoms with E-state index in [0.29, 0.717) is 39.2 Å². The first-order valence-electron chi connectivity index (χ1n) is 20.5. The Morgan fingerprint density at radius 1 is 0.947 bits per heavy atom. The second-order valence-electron chi connectivity index (χ2n) is 17.4. The van der Waals surface area contributed by atoms with Gasteiger partial charge in [-0.1, -0.05) is 24.6 Å². The highest BCUT2D eigenvalue weighted by atomic mass is 35.5. The molecule has 3 atom stereocenters. The highest BCUT2D eigenvalue weighted by molar-refractivity contribution is 6.32. The maximum Gasteiger partial charge on any atom is 0.262 e. The lowest BCUT2D eigenvalue weighted by atomic mass is 9.76. The third-order valence-corrected chi connectivity index (χ3v) is 14.1. The number of allylic oxidation sites excluding steroid dienone is 4. The van der Waals surface area contributed by atoms with E-state index in [1.165, 1.54) is 17.7 Å². The third-order valence-electron chi connectivity index (χ3n) is 13.8. The van der Waals surface area contributed by atoms with Crippen molar-refractivity contribution in [3.8, 4) is 6.07 Å². The molecule has 7 aliphatic rings. The average molecular weight is 792 g/mol. The fraction of sp³-hybridized carbons (Fsp3) is 0.535. The highest BCUT2D eigenvalue weighted by Crippen LogP contribution is 2.47. The van der Waals surface area contributed by atoms with Crippen molar-refractivity contribution in [2.45, 2.75) is 77.0 Å². The normalized spacial score (nSPS) is 27.2. The molecule has 14 heteroatoms. The van der Waals surface area contributed by atoms with Gasteiger partial charge in [0.15, 0.2) is 0 Å². The van der Waals surface area contributed by atoms with Gasteiger partial charge in [-0.2, -0.15) is 5.26 Å². The van der Waals surface area contributed by atoms with Crippen LogP contribution in [0.15, 0.2) is 58.9 Å². The number of hydrogen-bond acceptors (Lipinski definition) is 11. The van der Waals surface area contributed by atoms with Crippen LogP contribution < -0.4 is 15.1 Å². The topological polar surface area (TPSA) is 136 Å². The number of nitriles is 1. The van der Waals surface area contributed by atoms with E-state index in [9.17, 15) is 24.4 Å². The molecule has 0 bridgehead atoms. The Balaban J connectivity index is 0.723. The van der Waals surface area contributed by atoms with Crippen LogP contribution in [0.2, 0.25) is 0 Å². The molecule has 1 aromatic heterocycles. The number of carbonyl (C=O) groups excluding carboxylic acids is 4. The van der Waals surface area contributed by atoms with Crippen LogP contribution in [0.1, 0.15) is 78.7 Å². The molecule has 5 fully saturated rings. The van der Waals surface area contributed by atoms with Crippen molar-refractivity contribution in [1.29, 1.82) is 5.26 Å². The molecule has 7 heterocycles. The van der Waals surface area contributed by atoms with Crippen LogP contribution in [-0.2, 0) is 16.1 Å². The number of pyridine rings is 1. The van der Waals surface area contributed by atoms with Gasteiger partial charge < -0.3 is 14.7 Å². The lowest BCUT2D eigenvalue weighted by Gasteiger charge is -2.49. The zero-order chi connectivity index (χ0) is 39.6. The SMILES string of the molecule is CC1CC(N2CC3(CCN(c4ccc(CN5CCN(C6CN(c7ccc8c(c7)C(=O)N(C7CCC(=O)NC7=O)C8=O)C6)CC5)cn4)CC3)C[C@@H]2C)=CC(Cl)=C1C#N. The van der Waals surface area contributed by atoms with Crippen molar-refractivity contribution in [3.05, 3.63) is 75.6 Å². The van der Waals surface area contributed by atoms with E-state index in [1.807, 2.05) is 12.1 Å². The number of benzene rings is 1. The molecule has 1 aromatic carbocycles. The summed E-state index contributed by atoms with van der Waals surface area (Å²) in [5.74, 6) is -0.709. The van der Waals surface area contributed by atoms with Crippen molar-refractivity contribution in [2.24, 2.45) is 11.3 Å². The molecule has 1 spiro atoms. The molecule has 4 amide bonds. The monoisotopic (exact) mass is 791 g/mol. The van der Waals surface area contributed by atoms with E-state index >= 15 is 0 Å². The first-order chi connectivity index (χ1) is 27.5. The van der Waals surface area contributed by atoms with E-state index in [2.05, 4.69) is 68.1 Å². The number of halogens is 1. The van der Waals surface area contributed by atoms with Crippen molar-refractivity contribution in [2.75, 3.05) is 68.7 Å². The molecule has 5 saturated heterocycles. The maximum atomic E-state index is 13.3. The van der Waals surface area contributed by atoms with Crippen molar-refractivity contribution >= 4 is 46.7 Å². The van der Waals surface area contributed by atoms with Gasteiger partial charge in [0.2, 0.25) is 11.8 Å². The molecule has 6 aliphatic heterocycles. The summed E-state index contributed by atoms with van der Waals surface area (Å²) in [6, 6.07) is 12.0. The van der Waals surface area contributed by atoms with Gasteiger partial charge in [-0.3, -0.25) is 39.2 Å². The second kappa shape index (κ2) is 14.9. The Labute approximate surface area is 338 Å². The first kappa shape index (κ1) is 37.8. The summed E-state index contributed by atoms with van der Waals surface area (Å²) < 4.78 is 0. The second-order valence-corrected chi connectivity index (χ2v) is 17.8. The van der Waals surface area contributed by atoms with Gasteiger partial charge >= 0.3 is 0 Å². The molecule has 1 aliphatic carbocycles. The molecular formula is C43H50ClN9O4. The summed E-state index contributed by atoms with van der Waals surface area (Å²) in [5, 5.41) is 12.4. The van der Waals surface area contributed by atoms with Gasteiger partial charge in [0, 0.05) is 102 Å². The summed E-state index contributed by atoms with van der Waals surface area (Å²) >= 11 is 6.52. The highest BCUT2D eigenvalue weighted by Gasteiger charge is 2.47. The van der Waals surface area contributed by atoms with Crippen molar-refractivity contribution in [1.82, 2.24) is 29.9 Å². The largest absolute Gasteiger partial charge is 0.371 e. The molecule has 1 N–H and O–H groups in total. The number of fused-ring (bicyclic) bond motifs is 1. The number of piperazine rings is 1. The Kier molecular flexibility index (Phi) is 9.86. The number of nitrogens with zero attached hydrogens (tertiary/aromatic N) is 8. The fourth-order valence-corrected chi connectivity index (χ4v) is 10.7. The van der Waals surface area contributed by atoms with Gasteiger partial charge in [-0.15, -0.1) is 0 Å². The summed E-state index contributed by atoms with van der Waals surface area (Å²) in [4.78, 5) is 68.7. The molecule has 0 saturated carbocycles. The minimum absolute atomic E-state index is 0.102. The number of hydrogen-bond donors (Lipinski definition) is 1. The van der Waals surface area contributed by atoms with Gasteiger partial charge in [0.1, 0.15) is 11.9 Å². The number of aromatic nitrogens is 1. The molecule has 298 valence electrons. The zero-order valence-corrected chi connectivity index (χ0v) is 33.5. The van der Waals surface area contributed by atoms with Crippen LogP contribution in [0, 0.1) is 22.7 Å². The summed E-state index contributed by atoms with van der Waals surface area (Å²) in [5.41, 5.74) is 5.05. The lowest BCUT2D eigenvalue weighted by molar-refractivity contribution is -0.136. The summed E-state index contributed by atoms with van der Waals surface area (Å²) in [7, 11) is 0. The van der Waals surface area contributed by atoms with E-state index in [1.54, 1.807) is 12.1 Å². The minimum Gasteiger partial charge on any atom is -0.371 e. The maximum absolute atomic E-state index is 13.3. The molecule has 57 heavy (non-hydrogen) atoms. The molecular weight excluding hydrogens is 742 g/mol. The number of nitrogens with one attached hydrogen (secondary N) is 1. The lowest BCUT2D eigenvalue weighted by Crippen LogP contribution is -2.63. The molecule has 13 nitrogen and oxygen atoms in total. The van der Waals surface area contributed by atoms with Crippen molar-refractivity contribution in [3.63, 3.8) is 0 Å². The van der Waals surface area contributed by atoms with Crippen molar-refractivity contribution < 1.29 is 19.2 Å². The quantitative estimate of drug-likeness (QED) is 0.406. The van der Waals surface area contributed by atoms with Crippen LogP contribution in [0.5, 0.6) is 0 Å². The Bertz CT molecular complexity index is 2090. The van der Waals surface area contributed by atoms with E-state index in [4.69, 9.17) is 16.6 Å². The predicted octanol–water partition coefficient (Wildman–Crippen LogP) is 4.11. The molecule has 9 rings (SSSR count). The van der Waals surface area contributed by atoms with Crippen LogP contribution in [0.4, 0.5) is 11.5 Å². The van der Waals surface area contributed by atoms with Gasteiger partial charge in [-0.25, -0.2) is 4.98 Å². The number of rotatable bonds is 7. The number of anilines is 2. The van der Waals surface area contributed by atoms with E-state index in [-0.39, 0.29) is 24.7 Å². The van der Waals surface area contributed by atoms with Crippen LogP contribution in [-0.4, -0.2) is 125 Å². The Morgan fingerprint density at radius 3 is 2.39 bits per heavy atom. The zero-order valence-electron chi connectivity index (χ0n) is 32.8. The van der Waals surface area contributed by atoms with E-state index < -0.39 is 23.8 Å². The van der Waals surface area contributed by atoms with E-state index in [0.717, 1.165) is 101 Å². The molecule has 2 unspecified atom stereocenters. The van der Waals surface area contributed by atoms with Crippen LogP contribution in [0.25, 0.3) is 0 Å². The summed E-state index contributed by atoms with van der Waals surface area (Å²) in [6.07, 6.45) is 8.70. The third kappa shape index (κ3) is 6.99. The molecule has 0 radical (unpaired) electrons.